The van der Waals surface area contributed by atoms with Gasteiger partial charge in [0.15, 0.2) is 0 Å². The van der Waals surface area contributed by atoms with Crippen LogP contribution in [0.1, 0.15) is 19.5 Å². The topological polar surface area (TPSA) is 50.2 Å². The molecule has 19 heavy (non-hydrogen) atoms. The second-order valence-corrected chi connectivity index (χ2v) is 6.72. The fourth-order valence-corrected chi connectivity index (χ4v) is 2.91. The zero-order valence-electron chi connectivity index (χ0n) is 10.3. The molecule has 0 aliphatic heterocycles. The van der Waals surface area contributed by atoms with Crippen LogP contribution in [0.2, 0.25) is 5.02 Å². The molecule has 0 amide bonds. The van der Waals surface area contributed by atoms with Gasteiger partial charge in [-0.25, -0.2) is 4.98 Å². The molecule has 1 aromatic heterocycles. The number of aliphatic carboxylic acids is 1. The second kappa shape index (κ2) is 5.23. The number of halogens is 2. The van der Waals surface area contributed by atoms with Crippen molar-refractivity contribution in [1.29, 1.82) is 0 Å². The smallest absolute Gasteiger partial charge is 0.315 e. The number of thiazole rings is 1. The van der Waals surface area contributed by atoms with Gasteiger partial charge in [0.2, 0.25) is 0 Å². The van der Waals surface area contributed by atoms with E-state index in [4.69, 9.17) is 11.6 Å². The Hall–Kier alpha value is -0.910. The molecule has 3 nitrogen and oxygen atoms in total. The van der Waals surface area contributed by atoms with Crippen molar-refractivity contribution in [3.63, 3.8) is 0 Å². The minimum atomic E-state index is -0.988. The Morgan fingerprint density at radius 2 is 2.16 bits per heavy atom. The van der Waals surface area contributed by atoms with Crippen molar-refractivity contribution in [2.24, 2.45) is 0 Å². The minimum Gasteiger partial charge on any atom is -0.481 e. The highest BCUT2D eigenvalue weighted by atomic mass is 79.9. The predicted octanol–water partition coefficient (Wildman–Crippen LogP) is 4.59. The molecule has 2 aromatic rings. The summed E-state index contributed by atoms with van der Waals surface area (Å²) in [5.74, 6) is -0.887. The van der Waals surface area contributed by atoms with Gasteiger partial charge in [0, 0.05) is 15.4 Å². The van der Waals surface area contributed by atoms with Gasteiger partial charge in [0.25, 0.3) is 0 Å². The highest BCUT2D eigenvalue weighted by molar-refractivity contribution is 9.10. The Kier molecular flexibility index (Phi) is 3.99. The van der Waals surface area contributed by atoms with E-state index in [9.17, 15) is 9.90 Å². The van der Waals surface area contributed by atoms with Crippen LogP contribution in [-0.4, -0.2) is 16.1 Å². The Morgan fingerprint density at radius 1 is 1.47 bits per heavy atom. The van der Waals surface area contributed by atoms with Gasteiger partial charge in [-0.2, -0.15) is 0 Å². The summed E-state index contributed by atoms with van der Waals surface area (Å²) in [6.45, 7) is 3.29. The molecule has 0 radical (unpaired) electrons. The number of aromatic nitrogens is 1. The zero-order valence-corrected chi connectivity index (χ0v) is 13.4. The molecule has 0 aliphatic rings. The van der Waals surface area contributed by atoms with Crippen LogP contribution in [0, 0.1) is 0 Å². The lowest BCUT2D eigenvalue weighted by Gasteiger charge is -2.15. The Balaban J connectivity index is 2.41. The Morgan fingerprint density at radius 3 is 2.74 bits per heavy atom. The first kappa shape index (κ1) is 14.5. The molecule has 0 aliphatic carbocycles. The average Bonchev–Trinajstić information content (AvgIpc) is 2.82. The first-order valence-corrected chi connectivity index (χ1v) is 7.52. The van der Waals surface area contributed by atoms with Gasteiger partial charge in [-0.15, -0.1) is 11.3 Å². The summed E-state index contributed by atoms with van der Waals surface area (Å²) < 4.78 is 0.793. The third-order valence-corrected chi connectivity index (χ3v) is 4.95. The predicted molar refractivity (Wildman–Crippen MR) is 80.9 cm³/mol. The van der Waals surface area contributed by atoms with Crippen molar-refractivity contribution in [3.05, 3.63) is 38.8 Å². The van der Waals surface area contributed by atoms with Gasteiger partial charge >= 0.3 is 5.97 Å². The van der Waals surface area contributed by atoms with Crippen LogP contribution in [0.3, 0.4) is 0 Å². The number of hydrogen-bond acceptors (Lipinski definition) is 3. The van der Waals surface area contributed by atoms with Crippen molar-refractivity contribution >= 4 is 44.8 Å². The van der Waals surface area contributed by atoms with Crippen LogP contribution in [-0.2, 0) is 10.2 Å². The third kappa shape index (κ3) is 2.83. The maximum atomic E-state index is 11.2. The molecule has 0 fully saturated rings. The average molecular weight is 361 g/mol. The Bertz CT molecular complexity index is 639. The number of carboxylic acid groups (broad SMARTS) is 1. The summed E-state index contributed by atoms with van der Waals surface area (Å²) in [5.41, 5.74) is 0.484. The molecular weight excluding hydrogens is 350 g/mol. The highest BCUT2D eigenvalue weighted by Gasteiger charge is 2.32. The van der Waals surface area contributed by atoms with Crippen molar-refractivity contribution in [3.8, 4) is 10.6 Å². The summed E-state index contributed by atoms with van der Waals surface area (Å²) in [6, 6.07) is 5.52. The minimum absolute atomic E-state index is 0.561. The van der Waals surface area contributed by atoms with Gasteiger partial charge < -0.3 is 5.11 Å². The number of hydrogen-bond donors (Lipinski definition) is 1. The molecule has 100 valence electrons. The molecule has 0 atom stereocenters. The van der Waals surface area contributed by atoms with Crippen molar-refractivity contribution in [2.45, 2.75) is 19.3 Å². The fraction of sp³-hybridized carbons (Fsp3) is 0.231. The van der Waals surface area contributed by atoms with Crippen molar-refractivity contribution < 1.29 is 9.90 Å². The van der Waals surface area contributed by atoms with Crippen molar-refractivity contribution in [1.82, 2.24) is 4.98 Å². The quantitative estimate of drug-likeness (QED) is 0.871. The van der Waals surface area contributed by atoms with Gasteiger partial charge in [0.1, 0.15) is 10.4 Å². The standard InChI is InChI=1S/C13H11BrClNO2S/c1-13(2,12(17)18)10-6-19-11(16-10)7-3-4-9(15)8(14)5-7/h3-6H,1-2H3,(H,17,18). The van der Waals surface area contributed by atoms with E-state index in [2.05, 4.69) is 20.9 Å². The van der Waals surface area contributed by atoms with Gasteiger partial charge in [-0.1, -0.05) is 17.7 Å². The molecule has 1 heterocycles. The van der Waals surface area contributed by atoms with Crippen LogP contribution in [0.25, 0.3) is 10.6 Å². The van der Waals surface area contributed by atoms with E-state index in [0.29, 0.717) is 10.7 Å². The van der Waals surface area contributed by atoms with Crippen molar-refractivity contribution in [2.75, 3.05) is 0 Å². The first-order chi connectivity index (χ1) is 8.82. The van der Waals surface area contributed by atoms with Gasteiger partial charge in [-0.3, -0.25) is 4.79 Å². The molecule has 1 N–H and O–H groups in total. The van der Waals surface area contributed by atoms with E-state index in [1.807, 2.05) is 12.1 Å². The molecule has 0 saturated heterocycles. The lowest BCUT2D eigenvalue weighted by Crippen LogP contribution is -2.28. The molecule has 0 saturated carbocycles. The summed E-state index contributed by atoms with van der Waals surface area (Å²) >= 11 is 10.7. The molecule has 0 spiro atoms. The van der Waals surface area contributed by atoms with Crippen LogP contribution >= 0.6 is 38.9 Å². The van der Waals surface area contributed by atoms with E-state index in [1.54, 1.807) is 25.3 Å². The summed E-state index contributed by atoms with van der Waals surface area (Å²) in [5, 5.41) is 12.4. The SMILES string of the molecule is CC(C)(C(=O)O)c1csc(-c2ccc(Cl)c(Br)c2)n1. The van der Waals surface area contributed by atoms with Crippen LogP contribution in [0.5, 0.6) is 0 Å². The lowest BCUT2D eigenvalue weighted by molar-refractivity contribution is -0.142. The fourth-order valence-electron chi connectivity index (χ4n) is 1.43. The summed E-state index contributed by atoms with van der Waals surface area (Å²) in [4.78, 5) is 15.6. The largest absolute Gasteiger partial charge is 0.481 e. The van der Waals surface area contributed by atoms with E-state index in [1.165, 1.54) is 11.3 Å². The maximum absolute atomic E-state index is 11.2. The van der Waals surface area contributed by atoms with E-state index >= 15 is 0 Å². The highest BCUT2D eigenvalue weighted by Crippen LogP contribution is 2.33. The van der Waals surface area contributed by atoms with E-state index < -0.39 is 11.4 Å². The van der Waals surface area contributed by atoms with E-state index in [-0.39, 0.29) is 0 Å². The molecule has 1 aromatic carbocycles. The van der Waals surface area contributed by atoms with E-state index in [0.717, 1.165) is 15.0 Å². The number of carboxylic acids is 1. The third-order valence-electron chi connectivity index (χ3n) is 2.85. The normalized spacial score (nSPS) is 11.6. The number of nitrogens with zero attached hydrogens (tertiary/aromatic N) is 1. The molecule has 0 unspecified atom stereocenters. The molecule has 2 rings (SSSR count). The Labute approximate surface area is 128 Å². The van der Waals surface area contributed by atoms with Crippen LogP contribution in [0.4, 0.5) is 0 Å². The first-order valence-electron chi connectivity index (χ1n) is 5.47. The van der Waals surface area contributed by atoms with Gasteiger partial charge in [0.05, 0.1) is 10.7 Å². The number of carbonyl (C=O) groups is 1. The summed E-state index contributed by atoms with van der Waals surface area (Å²) in [6.07, 6.45) is 0. The molecule has 6 heteroatoms. The second-order valence-electron chi connectivity index (χ2n) is 4.60. The molecule has 0 bridgehead atoms. The number of rotatable bonds is 3. The zero-order chi connectivity index (χ0) is 14.2. The number of benzene rings is 1. The van der Waals surface area contributed by atoms with Gasteiger partial charge in [-0.05, 0) is 41.9 Å². The van der Waals surface area contributed by atoms with Crippen LogP contribution in [0.15, 0.2) is 28.1 Å². The lowest BCUT2D eigenvalue weighted by atomic mass is 9.90. The monoisotopic (exact) mass is 359 g/mol. The molecular formula is C13H11BrClNO2S. The summed E-state index contributed by atoms with van der Waals surface area (Å²) in [7, 11) is 0. The maximum Gasteiger partial charge on any atom is 0.315 e. The van der Waals surface area contributed by atoms with Crippen LogP contribution < -0.4 is 0 Å².